The molecule has 0 saturated carbocycles. The van der Waals surface area contributed by atoms with Gasteiger partial charge in [0.25, 0.3) is 0 Å². The number of anilines is 1. The van der Waals surface area contributed by atoms with Crippen molar-refractivity contribution >= 4 is 38.5 Å². The van der Waals surface area contributed by atoms with E-state index in [0.717, 1.165) is 28.5 Å². The van der Waals surface area contributed by atoms with Crippen LogP contribution in [-0.2, 0) is 4.74 Å². The Morgan fingerprint density at radius 1 is 1.32 bits per heavy atom. The number of fused-ring (bicyclic) bond motifs is 1. The fraction of sp³-hybridized carbons (Fsp3) is 0.412. The molecule has 2 heterocycles. The summed E-state index contributed by atoms with van der Waals surface area (Å²) in [4.78, 5) is 18.7. The number of pyridine rings is 1. The number of carbonyl (C=O) groups excluding carboxylic acids is 1. The Labute approximate surface area is 138 Å². The molecular weight excluding hydrogens is 344 g/mol. The molecule has 1 aromatic carbocycles. The van der Waals surface area contributed by atoms with Crippen molar-refractivity contribution in [2.45, 2.75) is 26.2 Å². The van der Waals surface area contributed by atoms with Crippen molar-refractivity contribution in [2.24, 2.45) is 0 Å². The average molecular weight is 363 g/mol. The highest BCUT2D eigenvalue weighted by Gasteiger charge is 2.17. The van der Waals surface area contributed by atoms with E-state index in [1.54, 1.807) is 13.1 Å². The second-order valence-corrected chi connectivity index (χ2v) is 6.26. The molecule has 1 aliphatic heterocycles. The van der Waals surface area contributed by atoms with Crippen LogP contribution in [0.15, 0.2) is 28.9 Å². The second-order valence-electron chi connectivity index (χ2n) is 5.46. The monoisotopic (exact) mass is 362 g/mol. The highest BCUT2D eigenvalue weighted by molar-refractivity contribution is 9.10. The Kier molecular flexibility index (Phi) is 4.62. The summed E-state index contributed by atoms with van der Waals surface area (Å²) in [7, 11) is 0. The maximum atomic E-state index is 11.8. The lowest BCUT2D eigenvalue weighted by molar-refractivity contribution is 0.0526. The second kappa shape index (κ2) is 6.65. The zero-order valence-corrected chi connectivity index (χ0v) is 14.2. The van der Waals surface area contributed by atoms with Gasteiger partial charge in [-0.15, -0.1) is 0 Å². The highest BCUT2D eigenvalue weighted by atomic mass is 79.9. The largest absolute Gasteiger partial charge is 0.462 e. The van der Waals surface area contributed by atoms with Gasteiger partial charge in [0.2, 0.25) is 0 Å². The first-order valence-electron chi connectivity index (χ1n) is 7.71. The molecule has 1 aliphatic rings. The number of nitrogens with zero attached hydrogens (tertiary/aromatic N) is 2. The van der Waals surface area contributed by atoms with Gasteiger partial charge in [0.15, 0.2) is 0 Å². The van der Waals surface area contributed by atoms with Crippen LogP contribution in [0.25, 0.3) is 10.9 Å². The number of carbonyl (C=O) groups is 1. The van der Waals surface area contributed by atoms with Crippen LogP contribution in [0.4, 0.5) is 5.69 Å². The number of rotatable bonds is 3. The fourth-order valence-electron chi connectivity index (χ4n) is 2.86. The molecule has 0 N–H and O–H groups in total. The molecule has 4 nitrogen and oxygen atoms in total. The van der Waals surface area contributed by atoms with Crippen molar-refractivity contribution in [3.63, 3.8) is 0 Å². The van der Waals surface area contributed by atoms with E-state index in [2.05, 4.69) is 31.9 Å². The first kappa shape index (κ1) is 15.3. The summed E-state index contributed by atoms with van der Waals surface area (Å²) in [6.07, 6.45) is 5.37. The standard InChI is InChI=1S/C17H19BrN2O2/c1-2-22-17(21)13-10-12-6-7-14(15(18)16(12)19-11-13)20-8-4-3-5-9-20/h6-7,10-11H,2-5,8-9H2,1H3. The molecule has 2 aromatic rings. The molecule has 0 bridgehead atoms. The van der Waals surface area contributed by atoms with E-state index in [9.17, 15) is 4.79 Å². The first-order valence-corrected chi connectivity index (χ1v) is 8.50. The third kappa shape index (κ3) is 2.95. The van der Waals surface area contributed by atoms with Crippen LogP contribution >= 0.6 is 15.9 Å². The van der Waals surface area contributed by atoms with Crippen LogP contribution in [0.3, 0.4) is 0 Å². The van der Waals surface area contributed by atoms with Crippen LogP contribution in [-0.4, -0.2) is 30.6 Å². The lowest BCUT2D eigenvalue weighted by atomic mass is 10.1. The van der Waals surface area contributed by atoms with Crippen molar-refractivity contribution in [2.75, 3.05) is 24.6 Å². The molecule has 0 radical (unpaired) electrons. The number of aromatic nitrogens is 1. The number of esters is 1. The molecule has 3 rings (SSSR count). The van der Waals surface area contributed by atoms with Crippen LogP contribution in [0.1, 0.15) is 36.5 Å². The fourth-order valence-corrected chi connectivity index (χ4v) is 3.57. The third-order valence-corrected chi connectivity index (χ3v) is 4.76. The predicted molar refractivity (Wildman–Crippen MR) is 91.5 cm³/mol. The summed E-state index contributed by atoms with van der Waals surface area (Å²) in [5.41, 5.74) is 2.56. The van der Waals surface area contributed by atoms with Gasteiger partial charge in [-0.2, -0.15) is 0 Å². The summed E-state index contributed by atoms with van der Waals surface area (Å²) in [5, 5.41) is 0.943. The molecular formula is C17H19BrN2O2. The van der Waals surface area contributed by atoms with Crippen molar-refractivity contribution < 1.29 is 9.53 Å². The molecule has 1 fully saturated rings. The van der Waals surface area contributed by atoms with Gasteiger partial charge in [-0.25, -0.2) is 4.79 Å². The van der Waals surface area contributed by atoms with Crippen molar-refractivity contribution in [3.8, 4) is 0 Å². The topological polar surface area (TPSA) is 42.4 Å². The van der Waals surface area contributed by atoms with Gasteiger partial charge in [0, 0.05) is 24.7 Å². The average Bonchev–Trinajstić information content (AvgIpc) is 2.56. The Bertz CT molecular complexity index is 696. The van der Waals surface area contributed by atoms with Crippen molar-refractivity contribution in [1.82, 2.24) is 4.98 Å². The number of hydrogen-bond acceptors (Lipinski definition) is 4. The normalized spacial score (nSPS) is 15.1. The molecule has 0 spiro atoms. The van der Waals surface area contributed by atoms with Gasteiger partial charge in [-0.05, 0) is 54.2 Å². The van der Waals surface area contributed by atoms with Gasteiger partial charge < -0.3 is 9.64 Å². The number of ether oxygens (including phenoxy) is 1. The minimum Gasteiger partial charge on any atom is -0.462 e. The van der Waals surface area contributed by atoms with Gasteiger partial charge >= 0.3 is 5.97 Å². The summed E-state index contributed by atoms with van der Waals surface area (Å²) < 4.78 is 6.03. The van der Waals surface area contributed by atoms with E-state index in [1.165, 1.54) is 24.9 Å². The molecule has 0 atom stereocenters. The molecule has 1 saturated heterocycles. The summed E-state index contributed by atoms with van der Waals surface area (Å²) in [5.74, 6) is -0.326. The van der Waals surface area contributed by atoms with Crippen LogP contribution in [0.5, 0.6) is 0 Å². The Hall–Kier alpha value is -1.62. The number of hydrogen-bond donors (Lipinski definition) is 0. The predicted octanol–water partition coefficient (Wildman–Crippen LogP) is 4.16. The van der Waals surface area contributed by atoms with Gasteiger partial charge in [-0.3, -0.25) is 4.98 Å². The van der Waals surface area contributed by atoms with Gasteiger partial charge in [-0.1, -0.05) is 6.07 Å². The van der Waals surface area contributed by atoms with Crippen molar-refractivity contribution in [3.05, 3.63) is 34.4 Å². The molecule has 0 unspecified atom stereocenters. The first-order chi connectivity index (χ1) is 10.7. The molecule has 0 amide bonds. The van der Waals surface area contributed by atoms with E-state index in [-0.39, 0.29) is 5.97 Å². The highest BCUT2D eigenvalue weighted by Crippen LogP contribution is 2.34. The molecule has 116 valence electrons. The number of benzene rings is 1. The lowest BCUT2D eigenvalue weighted by Gasteiger charge is -2.29. The zero-order chi connectivity index (χ0) is 15.5. The third-order valence-electron chi connectivity index (χ3n) is 3.98. The SMILES string of the molecule is CCOC(=O)c1cnc2c(Br)c(N3CCCCC3)ccc2c1. The Morgan fingerprint density at radius 2 is 2.09 bits per heavy atom. The molecule has 1 aromatic heterocycles. The van der Waals surface area contributed by atoms with Crippen LogP contribution in [0.2, 0.25) is 0 Å². The van der Waals surface area contributed by atoms with E-state index in [0.29, 0.717) is 12.2 Å². The molecule has 5 heteroatoms. The summed E-state index contributed by atoms with van der Waals surface area (Å²) in [6, 6.07) is 5.97. The summed E-state index contributed by atoms with van der Waals surface area (Å²) in [6.45, 7) is 4.35. The lowest BCUT2D eigenvalue weighted by Crippen LogP contribution is -2.29. The van der Waals surface area contributed by atoms with Crippen LogP contribution in [0, 0.1) is 0 Å². The maximum absolute atomic E-state index is 11.8. The summed E-state index contributed by atoms with van der Waals surface area (Å²) >= 11 is 3.69. The van der Waals surface area contributed by atoms with E-state index in [1.807, 2.05) is 12.1 Å². The minimum atomic E-state index is -0.326. The molecule has 22 heavy (non-hydrogen) atoms. The number of piperidine rings is 1. The minimum absolute atomic E-state index is 0.326. The molecule has 0 aliphatic carbocycles. The van der Waals surface area contributed by atoms with E-state index >= 15 is 0 Å². The van der Waals surface area contributed by atoms with Gasteiger partial charge in [0.1, 0.15) is 0 Å². The number of halogens is 1. The van der Waals surface area contributed by atoms with E-state index in [4.69, 9.17) is 4.74 Å². The van der Waals surface area contributed by atoms with Crippen LogP contribution < -0.4 is 4.90 Å². The van der Waals surface area contributed by atoms with Crippen molar-refractivity contribution in [1.29, 1.82) is 0 Å². The smallest absolute Gasteiger partial charge is 0.339 e. The maximum Gasteiger partial charge on any atom is 0.339 e. The Balaban J connectivity index is 1.97. The van der Waals surface area contributed by atoms with E-state index < -0.39 is 0 Å². The van der Waals surface area contributed by atoms with Gasteiger partial charge in [0.05, 0.1) is 27.8 Å². The quantitative estimate of drug-likeness (QED) is 0.768. The zero-order valence-electron chi connectivity index (χ0n) is 12.6. The Morgan fingerprint density at radius 3 is 2.82 bits per heavy atom.